The summed E-state index contributed by atoms with van der Waals surface area (Å²) in [7, 11) is 0. The highest BCUT2D eigenvalue weighted by molar-refractivity contribution is 14.1. The van der Waals surface area contributed by atoms with E-state index in [2.05, 4.69) is 41.3 Å². The first-order valence-corrected chi connectivity index (χ1v) is 9.22. The van der Waals surface area contributed by atoms with Crippen molar-refractivity contribution in [1.29, 1.82) is 0 Å². The minimum absolute atomic E-state index is 0.000503. The second-order valence-corrected chi connectivity index (χ2v) is 6.74. The molecule has 0 saturated carbocycles. The zero-order chi connectivity index (χ0) is 17.1. The number of nitrogens with zero attached hydrogens (tertiary/aromatic N) is 1. The van der Waals surface area contributed by atoms with Crippen LogP contribution in [0.25, 0.3) is 21.9 Å². The van der Waals surface area contributed by atoms with Crippen molar-refractivity contribution < 1.29 is 9.15 Å². The predicted molar refractivity (Wildman–Crippen MR) is 106 cm³/mol. The van der Waals surface area contributed by atoms with Gasteiger partial charge in [-0.15, -0.1) is 0 Å². The molecule has 1 aromatic heterocycles. The van der Waals surface area contributed by atoms with E-state index in [-0.39, 0.29) is 5.43 Å². The fraction of sp³-hybridized carbons (Fsp3) is 0.316. The topological polar surface area (TPSA) is 42.7 Å². The molecule has 126 valence electrons. The Labute approximate surface area is 154 Å². The van der Waals surface area contributed by atoms with Gasteiger partial charge in [0, 0.05) is 12.6 Å². The van der Waals surface area contributed by atoms with Crippen molar-refractivity contribution in [2.24, 2.45) is 0 Å². The van der Waals surface area contributed by atoms with Gasteiger partial charge in [-0.3, -0.25) is 4.79 Å². The first-order chi connectivity index (χ1) is 11.6. The SMILES string of the molecule is CCN(CC)CCOc1ccc2c(=O)c3cccc(I)c3oc2c1. The van der Waals surface area contributed by atoms with Crippen LogP contribution in [0.5, 0.6) is 5.75 Å². The van der Waals surface area contributed by atoms with Gasteiger partial charge in [0.15, 0.2) is 5.58 Å². The molecular weight excluding hydrogens is 417 g/mol. The third-order valence-electron chi connectivity index (χ3n) is 4.19. The third kappa shape index (κ3) is 3.42. The minimum atomic E-state index is -0.000503. The van der Waals surface area contributed by atoms with Crippen molar-refractivity contribution in [3.63, 3.8) is 0 Å². The first kappa shape index (κ1) is 17.2. The van der Waals surface area contributed by atoms with Crippen LogP contribution < -0.4 is 10.2 Å². The lowest BCUT2D eigenvalue weighted by molar-refractivity contribution is 0.223. The zero-order valence-corrected chi connectivity index (χ0v) is 16.0. The highest BCUT2D eigenvalue weighted by atomic mass is 127. The van der Waals surface area contributed by atoms with E-state index in [1.165, 1.54) is 0 Å². The van der Waals surface area contributed by atoms with Crippen LogP contribution in [0, 0.1) is 3.57 Å². The Balaban J connectivity index is 1.92. The Morgan fingerprint density at radius 1 is 1.12 bits per heavy atom. The Bertz CT molecular complexity index is 916. The molecule has 0 amide bonds. The van der Waals surface area contributed by atoms with E-state index in [9.17, 15) is 4.79 Å². The molecule has 0 aliphatic heterocycles. The molecule has 4 nitrogen and oxygen atoms in total. The van der Waals surface area contributed by atoms with Crippen molar-refractivity contribution in [2.75, 3.05) is 26.2 Å². The van der Waals surface area contributed by atoms with Crippen molar-refractivity contribution in [2.45, 2.75) is 13.8 Å². The molecule has 0 bridgehead atoms. The average molecular weight is 437 g/mol. The molecule has 24 heavy (non-hydrogen) atoms. The Kier molecular flexibility index (Phi) is 5.40. The highest BCUT2D eigenvalue weighted by Crippen LogP contribution is 2.25. The summed E-state index contributed by atoms with van der Waals surface area (Å²) in [5, 5.41) is 1.20. The molecule has 0 spiro atoms. The number of para-hydroxylation sites is 1. The van der Waals surface area contributed by atoms with Crippen LogP contribution in [0.3, 0.4) is 0 Å². The summed E-state index contributed by atoms with van der Waals surface area (Å²) >= 11 is 2.18. The largest absolute Gasteiger partial charge is 0.492 e. The maximum atomic E-state index is 12.6. The van der Waals surface area contributed by atoms with Crippen molar-refractivity contribution in [3.8, 4) is 5.75 Å². The summed E-state index contributed by atoms with van der Waals surface area (Å²) in [6.45, 7) is 7.79. The van der Waals surface area contributed by atoms with Crippen molar-refractivity contribution in [1.82, 2.24) is 4.90 Å². The van der Waals surface area contributed by atoms with Crippen LogP contribution in [0.15, 0.2) is 45.6 Å². The van der Waals surface area contributed by atoms with Crippen LogP contribution >= 0.6 is 22.6 Å². The van der Waals surface area contributed by atoms with Gasteiger partial charge in [0.05, 0.1) is 14.3 Å². The fourth-order valence-corrected chi connectivity index (χ4v) is 3.35. The van der Waals surface area contributed by atoms with Crippen LogP contribution in [0.1, 0.15) is 13.8 Å². The van der Waals surface area contributed by atoms with E-state index in [1.807, 2.05) is 24.3 Å². The van der Waals surface area contributed by atoms with Crippen molar-refractivity contribution >= 4 is 44.5 Å². The quantitative estimate of drug-likeness (QED) is 0.427. The second kappa shape index (κ2) is 7.53. The van der Waals surface area contributed by atoms with Gasteiger partial charge in [-0.25, -0.2) is 0 Å². The van der Waals surface area contributed by atoms with E-state index in [4.69, 9.17) is 9.15 Å². The monoisotopic (exact) mass is 437 g/mol. The number of hydrogen-bond donors (Lipinski definition) is 0. The van der Waals surface area contributed by atoms with Gasteiger partial charge >= 0.3 is 0 Å². The van der Waals surface area contributed by atoms with Gasteiger partial charge in [0.25, 0.3) is 0 Å². The molecule has 2 aromatic carbocycles. The van der Waals surface area contributed by atoms with Crippen LogP contribution in [0.4, 0.5) is 0 Å². The summed E-state index contributed by atoms with van der Waals surface area (Å²) in [5.74, 6) is 0.725. The van der Waals surface area contributed by atoms with Gasteiger partial charge in [0.2, 0.25) is 5.43 Å². The minimum Gasteiger partial charge on any atom is -0.492 e. The summed E-state index contributed by atoms with van der Waals surface area (Å²) in [6, 6.07) is 11.0. The standard InChI is InChI=1S/C19H20INO3/c1-3-21(4-2)10-11-23-13-8-9-14-17(12-13)24-19-15(18(14)22)6-5-7-16(19)20/h5-9,12H,3-4,10-11H2,1-2H3. The Morgan fingerprint density at radius 2 is 1.92 bits per heavy atom. The number of benzene rings is 2. The molecule has 1 heterocycles. The van der Waals surface area contributed by atoms with E-state index in [0.717, 1.165) is 29.0 Å². The lowest BCUT2D eigenvalue weighted by Crippen LogP contribution is -2.27. The van der Waals surface area contributed by atoms with Gasteiger partial charge in [-0.1, -0.05) is 19.9 Å². The predicted octanol–water partition coefficient (Wildman–Crippen LogP) is 4.27. The maximum Gasteiger partial charge on any atom is 0.200 e. The molecule has 0 N–H and O–H groups in total. The third-order valence-corrected chi connectivity index (χ3v) is 5.04. The summed E-state index contributed by atoms with van der Waals surface area (Å²) in [6.07, 6.45) is 0. The second-order valence-electron chi connectivity index (χ2n) is 5.58. The molecule has 5 heteroatoms. The van der Waals surface area contributed by atoms with Gasteiger partial charge in [-0.2, -0.15) is 0 Å². The molecular formula is C19H20INO3. The smallest absolute Gasteiger partial charge is 0.200 e. The first-order valence-electron chi connectivity index (χ1n) is 8.14. The van der Waals surface area contributed by atoms with Crippen LogP contribution in [0.2, 0.25) is 0 Å². The molecule has 0 aliphatic carbocycles. The molecule has 3 rings (SSSR count). The molecule has 0 unspecified atom stereocenters. The van der Waals surface area contributed by atoms with E-state index < -0.39 is 0 Å². The molecule has 0 atom stereocenters. The van der Waals surface area contributed by atoms with Crippen LogP contribution in [-0.4, -0.2) is 31.1 Å². The number of hydrogen-bond acceptors (Lipinski definition) is 4. The number of halogens is 1. The van der Waals surface area contributed by atoms with E-state index in [0.29, 0.717) is 28.5 Å². The number of rotatable bonds is 6. The van der Waals surface area contributed by atoms with Crippen molar-refractivity contribution in [3.05, 3.63) is 50.2 Å². The Hall–Kier alpha value is -1.60. The van der Waals surface area contributed by atoms with E-state index in [1.54, 1.807) is 12.1 Å². The normalized spacial score (nSPS) is 11.5. The number of likely N-dealkylation sites (N-methyl/N-ethyl adjacent to an activating group) is 1. The Morgan fingerprint density at radius 3 is 2.67 bits per heavy atom. The summed E-state index contributed by atoms with van der Waals surface area (Å²) < 4.78 is 12.7. The number of fused-ring (bicyclic) bond motifs is 2. The molecule has 0 radical (unpaired) electrons. The van der Waals surface area contributed by atoms with Gasteiger partial charge in [-0.05, 0) is 59.9 Å². The summed E-state index contributed by atoms with van der Waals surface area (Å²) in [4.78, 5) is 14.9. The van der Waals surface area contributed by atoms with Gasteiger partial charge in [0.1, 0.15) is 17.9 Å². The molecule has 0 fully saturated rings. The lowest BCUT2D eigenvalue weighted by atomic mass is 10.1. The summed E-state index contributed by atoms with van der Waals surface area (Å²) in [5.41, 5.74) is 1.20. The lowest BCUT2D eigenvalue weighted by Gasteiger charge is -2.18. The maximum absolute atomic E-state index is 12.6. The van der Waals surface area contributed by atoms with Gasteiger partial charge < -0.3 is 14.1 Å². The highest BCUT2D eigenvalue weighted by Gasteiger charge is 2.10. The molecule has 3 aromatic rings. The molecule has 0 aliphatic rings. The fourth-order valence-electron chi connectivity index (χ4n) is 2.74. The van der Waals surface area contributed by atoms with E-state index >= 15 is 0 Å². The zero-order valence-electron chi connectivity index (χ0n) is 13.8. The average Bonchev–Trinajstić information content (AvgIpc) is 2.60. The molecule has 0 saturated heterocycles. The number of ether oxygens (including phenoxy) is 1. The van der Waals surface area contributed by atoms with Crippen LogP contribution in [-0.2, 0) is 0 Å².